The van der Waals surface area contributed by atoms with Crippen molar-refractivity contribution >= 4 is 11.9 Å². The van der Waals surface area contributed by atoms with Crippen molar-refractivity contribution in [3.8, 4) is 0 Å². The molecule has 16 heavy (non-hydrogen) atoms. The third-order valence-corrected chi connectivity index (χ3v) is 1.91. The number of hydrogen-bond donors (Lipinski definition) is 3. The van der Waals surface area contributed by atoms with Crippen LogP contribution in [0.25, 0.3) is 0 Å². The Hall–Kier alpha value is -2.44. The Morgan fingerprint density at radius 1 is 1.19 bits per heavy atom. The van der Waals surface area contributed by atoms with Gasteiger partial charge in [0.15, 0.2) is 5.34 Å². The minimum Gasteiger partial charge on any atom is -0.379 e. The Kier molecular flexibility index (Phi) is 3.96. The Morgan fingerprint density at radius 3 is 2.19 bits per heavy atom. The Morgan fingerprint density at radius 2 is 1.75 bits per heavy atom. The molecule has 1 aliphatic heterocycles. The molecule has 3 N–H and O–H groups in total. The van der Waals surface area contributed by atoms with Gasteiger partial charge in [0.1, 0.15) is 6.04 Å². The maximum absolute atomic E-state index is 11.2. The van der Waals surface area contributed by atoms with Crippen molar-refractivity contribution in [2.75, 3.05) is 0 Å². The highest BCUT2D eigenvalue weighted by molar-refractivity contribution is 6.04. The average Bonchev–Trinajstić information content (AvgIpc) is 2.60. The number of imide groups is 1. The number of hydrogen-bond acceptors (Lipinski definition) is 4. The van der Waals surface area contributed by atoms with Gasteiger partial charge in [0, 0.05) is 0 Å². The molecule has 0 bridgehead atoms. The van der Waals surface area contributed by atoms with Gasteiger partial charge in [-0.1, -0.05) is 30.3 Å². The first-order valence-corrected chi connectivity index (χ1v) is 4.32. The van der Waals surface area contributed by atoms with E-state index < -0.39 is 12.1 Å². The molecule has 84 valence electrons. The summed E-state index contributed by atoms with van der Waals surface area (Å²) in [5.41, 5.74) is 0.797. The maximum Gasteiger partial charge on any atom is 0.322 e. The van der Waals surface area contributed by atoms with Gasteiger partial charge in [-0.2, -0.15) is 0 Å². The Bertz CT molecular complexity index is 393. The number of carbonyl (C=O) groups is 2. The summed E-state index contributed by atoms with van der Waals surface area (Å²) in [5, 5.41) is 12.6. The van der Waals surface area contributed by atoms with Crippen molar-refractivity contribution in [1.82, 2.24) is 10.6 Å². The molecule has 7 heteroatoms. The number of nitrogens with one attached hydrogen (secondary N) is 2. The molecule has 0 radical (unpaired) electrons. The van der Waals surface area contributed by atoms with E-state index in [-0.39, 0.29) is 5.91 Å². The molecule has 1 aliphatic rings. The first kappa shape index (κ1) is 11.6. The van der Waals surface area contributed by atoms with Crippen molar-refractivity contribution in [3.63, 3.8) is 0 Å². The van der Waals surface area contributed by atoms with E-state index in [9.17, 15) is 9.59 Å². The molecule has 3 amide bonds. The zero-order valence-electron chi connectivity index (χ0n) is 8.08. The van der Waals surface area contributed by atoms with Crippen LogP contribution in [0, 0.1) is 4.91 Å². The topological polar surface area (TPSA) is 108 Å². The summed E-state index contributed by atoms with van der Waals surface area (Å²) in [4.78, 5) is 30.1. The lowest BCUT2D eigenvalue weighted by Crippen LogP contribution is -2.22. The molecule has 1 saturated heterocycles. The first-order chi connectivity index (χ1) is 7.69. The zero-order valence-corrected chi connectivity index (χ0v) is 8.08. The van der Waals surface area contributed by atoms with Crippen LogP contribution in [0.2, 0.25) is 0 Å². The van der Waals surface area contributed by atoms with Crippen LogP contribution < -0.4 is 10.6 Å². The minimum atomic E-state index is -0.534. The molecule has 2 rings (SSSR count). The maximum atomic E-state index is 11.2. The van der Waals surface area contributed by atoms with Crippen molar-refractivity contribution in [2.45, 2.75) is 6.04 Å². The van der Waals surface area contributed by atoms with Gasteiger partial charge >= 0.3 is 6.03 Å². The molecule has 7 nitrogen and oxygen atoms in total. The van der Waals surface area contributed by atoms with E-state index in [0.717, 1.165) is 5.56 Å². The molecular weight excluding hydrogens is 214 g/mol. The van der Waals surface area contributed by atoms with Gasteiger partial charge in [-0.3, -0.25) is 10.1 Å². The molecule has 0 saturated carbocycles. The third kappa shape index (κ3) is 2.77. The normalized spacial score (nSPS) is 17.9. The Balaban J connectivity index is 0.000000386. The van der Waals surface area contributed by atoms with E-state index in [1.54, 1.807) is 12.1 Å². The van der Waals surface area contributed by atoms with Crippen molar-refractivity contribution in [1.29, 1.82) is 0 Å². The molecule has 0 aliphatic carbocycles. The van der Waals surface area contributed by atoms with Gasteiger partial charge < -0.3 is 10.5 Å². The fourth-order valence-corrected chi connectivity index (χ4v) is 1.30. The molecule has 1 unspecified atom stereocenters. The Labute approximate surface area is 90.4 Å². The van der Waals surface area contributed by atoms with Gasteiger partial charge in [0.2, 0.25) is 0 Å². The predicted molar refractivity (Wildman–Crippen MR) is 53.4 cm³/mol. The number of amides is 3. The van der Waals surface area contributed by atoms with Gasteiger partial charge in [-0.15, -0.1) is 4.91 Å². The molecule has 1 aromatic carbocycles. The SMILES string of the molecule is O=C1NC(=O)C(c2ccccc2)N1.O=NO. The third-order valence-electron chi connectivity index (χ3n) is 1.91. The largest absolute Gasteiger partial charge is 0.379 e. The van der Waals surface area contributed by atoms with Crippen molar-refractivity contribution in [2.24, 2.45) is 5.34 Å². The molecule has 1 heterocycles. The quantitative estimate of drug-likeness (QED) is 0.370. The van der Waals surface area contributed by atoms with Crippen LogP contribution in [0.15, 0.2) is 35.7 Å². The van der Waals surface area contributed by atoms with Crippen LogP contribution in [-0.2, 0) is 4.79 Å². The molecule has 1 fully saturated rings. The van der Waals surface area contributed by atoms with E-state index in [2.05, 4.69) is 10.6 Å². The standard InChI is InChI=1S/C9H8N2O2.HNO2/c12-8-7(10-9(13)11-8)6-4-2-1-3-5-6;2-1-3/h1-5,7H,(H2,10,11,12,13);(H,2,3). The van der Waals surface area contributed by atoms with Gasteiger partial charge in [0.25, 0.3) is 5.91 Å². The summed E-state index contributed by atoms with van der Waals surface area (Å²) in [7, 11) is 0. The van der Waals surface area contributed by atoms with E-state index in [0.29, 0.717) is 0 Å². The second-order valence-electron chi connectivity index (χ2n) is 2.89. The second-order valence-corrected chi connectivity index (χ2v) is 2.89. The predicted octanol–water partition coefficient (Wildman–Crippen LogP) is 0.709. The minimum absolute atomic E-state index is 0.295. The summed E-state index contributed by atoms with van der Waals surface area (Å²) in [5.74, 6) is -0.295. The summed E-state index contributed by atoms with van der Waals surface area (Å²) >= 11 is 0. The van der Waals surface area contributed by atoms with Crippen LogP contribution in [-0.4, -0.2) is 17.1 Å². The summed E-state index contributed by atoms with van der Waals surface area (Å²) < 4.78 is 0. The summed E-state index contributed by atoms with van der Waals surface area (Å²) in [6.07, 6.45) is 0. The fraction of sp³-hybridized carbons (Fsp3) is 0.111. The van der Waals surface area contributed by atoms with E-state index in [1.165, 1.54) is 5.34 Å². The number of urea groups is 1. The average molecular weight is 223 g/mol. The number of rotatable bonds is 1. The van der Waals surface area contributed by atoms with Gasteiger partial charge in [-0.25, -0.2) is 4.79 Å². The monoisotopic (exact) mass is 223 g/mol. The molecule has 1 aromatic rings. The lowest BCUT2D eigenvalue weighted by Gasteiger charge is -2.05. The molecule has 0 aromatic heterocycles. The molecule has 1 atom stereocenters. The van der Waals surface area contributed by atoms with Crippen molar-refractivity contribution in [3.05, 3.63) is 40.8 Å². The summed E-state index contributed by atoms with van der Waals surface area (Å²) in [6, 6.07) is 8.15. The van der Waals surface area contributed by atoms with Crippen LogP contribution >= 0.6 is 0 Å². The second kappa shape index (κ2) is 5.44. The van der Waals surface area contributed by atoms with E-state index >= 15 is 0 Å². The molecule has 0 spiro atoms. The number of nitrogens with zero attached hydrogens (tertiary/aromatic N) is 1. The first-order valence-electron chi connectivity index (χ1n) is 4.32. The lowest BCUT2D eigenvalue weighted by molar-refractivity contribution is -0.120. The van der Waals surface area contributed by atoms with Gasteiger partial charge in [0.05, 0.1) is 0 Å². The molecular formula is C9H9N3O4. The van der Waals surface area contributed by atoms with E-state index in [4.69, 9.17) is 10.1 Å². The van der Waals surface area contributed by atoms with Crippen LogP contribution in [0.4, 0.5) is 4.79 Å². The highest BCUT2D eigenvalue weighted by Gasteiger charge is 2.30. The van der Waals surface area contributed by atoms with E-state index in [1.807, 2.05) is 18.2 Å². The van der Waals surface area contributed by atoms with Crippen LogP contribution in [0.3, 0.4) is 0 Å². The van der Waals surface area contributed by atoms with Crippen LogP contribution in [0.1, 0.15) is 11.6 Å². The van der Waals surface area contributed by atoms with Gasteiger partial charge in [-0.05, 0) is 5.56 Å². The zero-order chi connectivity index (χ0) is 12.0. The number of carbonyl (C=O) groups excluding carboxylic acids is 2. The smallest absolute Gasteiger partial charge is 0.322 e. The highest BCUT2D eigenvalue weighted by atomic mass is 16.6. The van der Waals surface area contributed by atoms with Crippen LogP contribution in [0.5, 0.6) is 0 Å². The highest BCUT2D eigenvalue weighted by Crippen LogP contribution is 2.15. The lowest BCUT2D eigenvalue weighted by atomic mass is 10.1. The fourth-order valence-electron chi connectivity index (χ4n) is 1.30. The van der Waals surface area contributed by atoms with Crippen molar-refractivity contribution < 1.29 is 14.8 Å². The number of benzene rings is 1. The summed E-state index contributed by atoms with van der Waals surface area (Å²) in [6.45, 7) is 0.